The van der Waals surface area contributed by atoms with Gasteiger partial charge in [-0.05, 0) is 51.4 Å². The Bertz CT molecular complexity index is 656. The molecule has 0 radical (unpaired) electrons. The summed E-state index contributed by atoms with van der Waals surface area (Å²) in [5, 5.41) is 25.2. The fraction of sp³-hybridized carbons (Fsp3) is 0.816. The average Bonchev–Trinajstić information content (AvgIpc) is 2.98. The molecule has 0 aliphatic heterocycles. The smallest absolute Gasteiger partial charge is 0.303 e. The van der Waals surface area contributed by atoms with Crippen molar-refractivity contribution in [3.63, 3.8) is 0 Å². The highest BCUT2D eigenvalue weighted by molar-refractivity contribution is 5.67. The van der Waals surface area contributed by atoms with Gasteiger partial charge in [0.15, 0.2) is 0 Å². The van der Waals surface area contributed by atoms with Crippen LogP contribution in [0.25, 0.3) is 0 Å². The summed E-state index contributed by atoms with van der Waals surface area (Å²) in [6, 6.07) is 0. The van der Waals surface area contributed by atoms with E-state index in [1.165, 1.54) is 109 Å². The van der Waals surface area contributed by atoms with Gasteiger partial charge in [0.25, 0.3) is 0 Å². The van der Waals surface area contributed by atoms with Crippen molar-refractivity contribution in [2.24, 2.45) is 0 Å². The van der Waals surface area contributed by atoms with Gasteiger partial charge in [-0.1, -0.05) is 154 Å². The van der Waals surface area contributed by atoms with Crippen molar-refractivity contribution in [2.75, 3.05) is 0 Å². The molecule has 6 nitrogen and oxygen atoms in total. The van der Waals surface area contributed by atoms with Crippen LogP contribution in [0.4, 0.5) is 0 Å². The SMILES string of the molecule is CCCCC/C=C\C/C=C\CCCCCCCC(=O)O.CCCCCCCCC(=O)O.CCCCCCCCCCC(=O)O. The van der Waals surface area contributed by atoms with Gasteiger partial charge in [0, 0.05) is 19.3 Å². The summed E-state index contributed by atoms with van der Waals surface area (Å²) in [4.78, 5) is 30.6. The van der Waals surface area contributed by atoms with E-state index in [0.29, 0.717) is 19.3 Å². The topological polar surface area (TPSA) is 112 Å². The van der Waals surface area contributed by atoms with E-state index in [1.807, 2.05) is 0 Å². The lowest BCUT2D eigenvalue weighted by Crippen LogP contribution is -1.93. The average molecular weight is 625 g/mol. The monoisotopic (exact) mass is 625 g/mol. The molecule has 0 saturated carbocycles. The first-order valence-corrected chi connectivity index (χ1v) is 18.3. The van der Waals surface area contributed by atoms with E-state index in [-0.39, 0.29) is 0 Å². The van der Waals surface area contributed by atoms with Crippen molar-refractivity contribution in [1.82, 2.24) is 0 Å². The number of allylic oxidation sites excluding steroid dienone is 4. The number of hydrogen-bond donors (Lipinski definition) is 3. The highest BCUT2D eigenvalue weighted by Crippen LogP contribution is 2.10. The lowest BCUT2D eigenvalue weighted by molar-refractivity contribution is -0.138. The molecule has 44 heavy (non-hydrogen) atoms. The minimum atomic E-state index is -0.671. The number of rotatable bonds is 30. The van der Waals surface area contributed by atoms with E-state index in [9.17, 15) is 14.4 Å². The molecule has 3 N–H and O–H groups in total. The first-order valence-electron chi connectivity index (χ1n) is 18.3. The van der Waals surface area contributed by atoms with Crippen LogP contribution in [0.1, 0.15) is 201 Å². The number of unbranched alkanes of at least 4 members (excludes halogenated alkanes) is 20. The van der Waals surface area contributed by atoms with Crippen LogP contribution in [0.2, 0.25) is 0 Å². The number of hydrogen-bond acceptors (Lipinski definition) is 3. The van der Waals surface area contributed by atoms with E-state index < -0.39 is 17.9 Å². The Kier molecular flexibility index (Phi) is 45.3. The fourth-order valence-corrected chi connectivity index (χ4v) is 4.55. The van der Waals surface area contributed by atoms with Crippen LogP contribution < -0.4 is 0 Å². The summed E-state index contributed by atoms with van der Waals surface area (Å²) in [5.41, 5.74) is 0. The van der Waals surface area contributed by atoms with E-state index >= 15 is 0 Å². The second-order valence-electron chi connectivity index (χ2n) is 11.9. The van der Waals surface area contributed by atoms with Crippen molar-refractivity contribution in [3.05, 3.63) is 24.3 Å². The second kappa shape index (κ2) is 43.0. The maximum absolute atomic E-state index is 10.3. The van der Waals surface area contributed by atoms with Gasteiger partial charge in [-0.25, -0.2) is 0 Å². The predicted molar refractivity (Wildman–Crippen MR) is 187 cm³/mol. The van der Waals surface area contributed by atoms with Gasteiger partial charge in [0.1, 0.15) is 0 Å². The maximum Gasteiger partial charge on any atom is 0.303 e. The summed E-state index contributed by atoms with van der Waals surface area (Å²) in [7, 11) is 0. The number of aliphatic carboxylic acids is 3. The molecule has 0 saturated heterocycles. The van der Waals surface area contributed by atoms with Crippen molar-refractivity contribution in [1.29, 1.82) is 0 Å². The van der Waals surface area contributed by atoms with Crippen molar-refractivity contribution in [2.45, 2.75) is 201 Å². The van der Waals surface area contributed by atoms with Gasteiger partial charge < -0.3 is 15.3 Å². The molecule has 0 aliphatic carbocycles. The van der Waals surface area contributed by atoms with Gasteiger partial charge in [-0.15, -0.1) is 0 Å². The quantitative estimate of drug-likeness (QED) is 0.0541. The molecule has 0 fully saturated rings. The fourth-order valence-electron chi connectivity index (χ4n) is 4.55. The minimum Gasteiger partial charge on any atom is -0.481 e. The van der Waals surface area contributed by atoms with Crippen LogP contribution in [0.3, 0.4) is 0 Å². The molecule has 0 heterocycles. The lowest BCUT2D eigenvalue weighted by atomic mass is 10.1. The highest BCUT2D eigenvalue weighted by atomic mass is 16.4. The van der Waals surface area contributed by atoms with Crippen LogP contribution in [0, 0.1) is 0 Å². The van der Waals surface area contributed by atoms with E-state index in [0.717, 1.165) is 51.4 Å². The van der Waals surface area contributed by atoms with Gasteiger partial charge in [0.05, 0.1) is 0 Å². The Hall–Kier alpha value is -2.11. The Labute approximate surface area is 272 Å². The molecule has 0 unspecified atom stereocenters. The van der Waals surface area contributed by atoms with Crippen LogP contribution in [-0.4, -0.2) is 33.2 Å². The van der Waals surface area contributed by atoms with E-state index in [1.54, 1.807) is 0 Å². The van der Waals surface area contributed by atoms with E-state index in [2.05, 4.69) is 45.1 Å². The maximum atomic E-state index is 10.3. The van der Waals surface area contributed by atoms with Crippen molar-refractivity contribution < 1.29 is 29.7 Å². The molecule has 0 aromatic rings. The molecule has 0 aromatic heterocycles. The molecule has 0 aliphatic rings. The highest BCUT2D eigenvalue weighted by Gasteiger charge is 1.97. The Morgan fingerprint density at radius 3 is 0.932 bits per heavy atom. The van der Waals surface area contributed by atoms with Crippen LogP contribution in [0.15, 0.2) is 24.3 Å². The summed E-state index contributed by atoms with van der Waals surface area (Å²) in [6.07, 6.45) is 39.6. The zero-order valence-electron chi connectivity index (χ0n) is 29.2. The third kappa shape index (κ3) is 55.8. The molecule has 0 amide bonds. The largest absolute Gasteiger partial charge is 0.481 e. The molecule has 260 valence electrons. The van der Waals surface area contributed by atoms with Crippen molar-refractivity contribution >= 4 is 17.9 Å². The molecular formula is C38H72O6. The molecule has 0 spiro atoms. The summed E-state index contributed by atoms with van der Waals surface area (Å²) >= 11 is 0. The van der Waals surface area contributed by atoms with Gasteiger partial charge in [-0.2, -0.15) is 0 Å². The molecular weight excluding hydrogens is 552 g/mol. The summed E-state index contributed by atoms with van der Waals surface area (Å²) in [6.45, 7) is 6.63. The summed E-state index contributed by atoms with van der Waals surface area (Å²) < 4.78 is 0. The zero-order valence-corrected chi connectivity index (χ0v) is 29.2. The number of carbonyl (C=O) groups is 3. The van der Waals surface area contributed by atoms with Crippen LogP contribution in [-0.2, 0) is 14.4 Å². The van der Waals surface area contributed by atoms with Gasteiger partial charge in [0.2, 0.25) is 0 Å². The van der Waals surface area contributed by atoms with E-state index in [4.69, 9.17) is 15.3 Å². The molecule has 0 bridgehead atoms. The van der Waals surface area contributed by atoms with Crippen LogP contribution in [0.5, 0.6) is 0 Å². The lowest BCUT2D eigenvalue weighted by Gasteiger charge is -1.99. The predicted octanol–water partition coefficient (Wildman–Crippen LogP) is 12.3. The standard InChI is InChI=1S/C18H32O2.C11H22O2.C9H18O2/c1-2-3-4-5-6-7-8-9-10-11-12-13-14-15-16-17-18(19)20;1-2-3-4-5-6-7-8-9-10-11(12)13;1-2-3-4-5-6-7-8-9(10)11/h6-7,9-10H,2-5,8,11-17H2,1H3,(H,19,20);2-10H2,1H3,(H,12,13);2-8H2,1H3,(H,10,11)/b7-6-,10-9-;;. The first kappa shape index (κ1) is 46.3. The molecule has 6 heteroatoms. The van der Waals surface area contributed by atoms with Crippen molar-refractivity contribution in [3.8, 4) is 0 Å². The zero-order chi connectivity index (χ0) is 33.4. The Morgan fingerprint density at radius 1 is 0.364 bits per heavy atom. The van der Waals surface area contributed by atoms with Crippen LogP contribution >= 0.6 is 0 Å². The molecule has 0 atom stereocenters. The normalized spacial score (nSPS) is 10.8. The van der Waals surface area contributed by atoms with Gasteiger partial charge >= 0.3 is 17.9 Å². The third-order valence-electron chi connectivity index (χ3n) is 7.33. The number of carboxylic acids is 3. The second-order valence-corrected chi connectivity index (χ2v) is 11.9. The third-order valence-corrected chi connectivity index (χ3v) is 7.33. The Morgan fingerprint density at radius 2 is 0.614 bits per heavy atom. The van der Waals surface area contributed by atoms with Gasteiger partial charge in [-0.3, -0.25) is 14.4 Å². The minimum absolute atomic E-state index is 0.324. The first-order chi connectivity index (χ1) is 21.3. The summed E-state index contributed by atoms with van der Waals surface area (Å²) in [5.74, 6) is -2.00. The number of carboxylic acid groups (broad SMARTS) is 3. The Balaban J connectivity index is -0.000000608. The molecule has 0 aromatic carbocycles. The molecule has 0 rings (SSSR count).